The van der Waals surface area contributed by atoms with Gasteiger partial charge in [-0.25, -0.2) is 0 Å². The third kappa shape index (κ3) is 5.47. The van der Waals surface area contributed by atoms with Crippen LogP contribution in [0.1, 0.15) is 33.6 Å². The SMILES string of the molecule is O=C(NCC1C=C(c2cccc(-c3ccc(CN4CCCC4)cc3)c2)NO1)c1ccc(Cl)s1. The van der Waals surface area contributed by atoms with Gasteiger partial charge in [-0.2, -0.15) is 0 Å². The van der Waals surface area contributed by atoms with Crippen molar-refractivity contribution in [3.8, 4) is 11.1 Å². The Kier molecular flexibility index (Phi) is 6.78. The Bertz CT molecular complexity index is 1150. The van der Waals surface area contributed by atoms with Gasteiger partial charge in [0, 0.05) is 12.1 Å². The number of amides is 1. The van der Waals surface area contributed by atoms with Gasteiger partial charge in [0.2, 0.25) is 0 Å². The van der Waals surface area contributed by atoms with Crippen LogP contribution in [0.2, 0.25) is 4.34 Å². The Hall–Kier alpha value is -2.64. The predicted molar refractivity (Wildman–Crippen MR) is 134 cm³/mol. The molecule has 3 aromatic rings. The van der Waals surface area contributed by atoms with Crippen molar-refractivity contribution in [1.29, 1.82) is 0 Å². The molecule has 2 N–H and O–H groups in total. The molecule has 7 heteroatoms. The van der Waals surface area contributed by atoms with Crippen LogP contribution in [-0.4, -0.2) is 36.5 Å². The molecule has 2 aromatic carbocycles. The molecule has 0 bridgehead atoms. The van der Waals surface area contributed by atoms with E-state index in [1.807, 2.05) is 6.08 Å². The number of hydroxylamine groups is 1. The maximum Gasteiger partial charge on any atom is 0.261 e. The number of rotatable bonds is 7. The average molecular weight is 480 g/mol. The number of thiophene rings is 1. The molecule has 5 rings (SSSR count). The zero-order valence-electron chi connectivity index (χ0n) is 18.2. The third-order valence-electron chi connectivity index (χ3n) is 6.00. The first-order valence-corrected chi connectivity index (χ1v) is 12.4. The van der Waals surface area contributed by atoms with Crippen LogP contribution in [0.25, 0.3) is 16.8 Å². The summed E-state index contributed by atoms with van der Waals surface area (Å²) in [6, 6.07) is 20.7. The van der Waals surface area contributed by atoms with Crippen molar-refractivity contribution in [2.24, 2.45) is 0 Å². The number of hydrogen-bond donors (Lipinski definition) is 2. The number of carbonyl (C=O) groups excluding carboxylic acids is 1. The molecule has 0 radical (unpaired) electrons. The molecule has 0 aliphatic carbocycles. The highest BCUT2D eigenvalue weighted by Gasteiger charge is 2.19. The minimum atomic E-state index is -0.243. The van der Waals surface area contributed by atoms with Crippen LogP contribution in [0.4, 0.5) is 0 Å². The molecule has 1 aromatic heterocycles. The van der Waals surface area contributed by atoms with Crippen LogP contribution < -0.4 is 10.8 Å². The van der Waals surface area contributed by atoms with Crippen LogP contribution in [0.5, 0.6) is 0 Å². The van der Waals surface area contributed by atoms with E-state index in [0.717, 1.165) is 23.4 Å². The molecule has 5 nitrogen and oxygen atoms in total. The molecule has 170 valence electrons. The Balaban J connectivity index is 1.22. The van der Waals surface area contributed by atoms with Crippen molar-refractivity contribution in [2.75, 3.05) is 19.6 Å². The van der Waals surface area contributed by atoms with Crippen molar-refractivity contribution < 1.29 is 9.63 Å². The summed E-state index contributed by atoms with van der Waals surface area (Å²) in [5, 5.41) is 2.89. The van der Waals surface area contributed by atoms with Crippen LogP contribution in [-0.2, 0) is 11.4 Å². The van der Waals surface area contributed by atoms with Gasteiger partial charge in [0.25, 0.3) is 5.91 Å². The molecule has 1 saturated heterocycles. The van der Waals surface area contributed by atoms with Crippen LogP contribution in [0.15, 0.2) is 66.7 Å². The van der Waals surface area contributed by atoms with Gasteiger partial charge in [0.15, 0.2) is 0 Å². The first kappa shape index (κ1) is 22.2. The van der Waals surface area contributed by atoms with Crippen LogP contribution in [0.3, 0.4) is 0 Å². The summed E-state index contributed by atoms with van der Waals surface area (Å²) in [7, 11) is 0. The number of nitrogens with one attached hydrogen (secondary N) is 2. The monoisotopic (exact) mass is 479 g/mol. The molecule has 1 atom stereocenters. The van der Waals surface area contributed by atoms with E-state index in [9.17, 15) is 4.79 Å². The van der Waals surface area contributed by atoms with E-state index >= 15 is 0 Å². The van der Waals surface area contributed by atoms with Gasteiger partial charge in [-0.15, -0.1) is 11.3 Å². The van der Waals surface area contributed by atoms with Gasteiger partial charge in [0.1, 0.15) is 6.10 Å². The quantitative estimate of drug-likeness (QED) is 0.480. The summed E-state index contributed by atoms with van der Waals surface area (Å²) in [5.41, 5.74) is 8.67. The van der Waals surface area contributed by atoms with Crippen molar-refractivity contribution in [3.63, 3.8) is 0 Å². The highest BCUT2D eigenvalue weighted by atomic mass is 35.5. The van der Waals surface area contributed by atoms with E-state index < -0.39 is 0 Å². The Morgan fingerprint density at radius 1 is 1.06 bits per heavy atom. The van der Waals surface area contributed by atoms with Crippen molar-refractivity contribution in [3.05, 3.63) is 87.1 Å². The molecule has 0 spiro atoms. The predicted octanol–water partition coefficient (Wildman–Crippen LogP) is 5.34. The summed E-state index contributed by atoms with van der Waals surface area (Å²) in [5.74, 6) is -0.146. The largest absolute Gasteiger partial charge is 0.348 e. The van der Waals surface area contributed by atoms with E-state index in [-0.39, 0.29) is 12.0 Å². The third-order valence-corrected chi connectivity index (χ3v) is 7.23. The van der Waals surface area contributed by atoms with Gasteiger partial charge in [-0.1, -0.05) is 54.1 Å². The van der Waals surface area contributed by atoms with E-state index in [1.54, 1.807) is 12.1 Å². The van der Waals surface area contributed by atoms with E-state index in [2.05, 4.69) is 64.2 Å². The molecular formula is C26H26ClN3O2S. The number of likely N-dealkylation sites (tertiary alicyclic amines) is 1. The molecule has 0 saturated carbocycles. The van der Waals surface area contributed by atoms with E-state index in [0.29, 0.717) is 15.8 Å². The molecular weight excluding hydrogens is 454 g/mol. The summed E-state index contributed by atoms with van der Waals surface area (Å²) in [6.07, 6.45) is 4.39. The number of carbonyl (C=O) groups is 1. The van der Waals surface area contributed by atoms with Gasteiger partial charge in [-0.05, 0) is 66.9 Å². The minimum Gasteiger partial charge on any atom is -0.348 e. The standard InChI is InChI=1S/C26H26ClN3O2S/c27-25-11-10-24(33-25)26(31)28-16-22-15-23(29-32-22)21-5-3-4-20(14-21)19-8-6-18(7-9-19)17-30-12-1-2-13-30/h3-11,14-15,22,29H,1-2,12-13,16-17H2,(H,28,31). The highest BCUT2D eigenvalue weighted by Crippen LogP contribution is 2.26. The van der Waals surface area contributed by atoms with Gasteiger partial charge >= 0.3 is 0 Å². The zero-order valence-corrected chi connectivity index (χ0v) is 19.8. The fourth-order valence-electron chi connectivity index (χ4n) is 4.23. The van der Waals surface area contributed by atoms with Gasteiger partial charge < -0.3 is 5.32 Å². The second-order valence-corrected chi connectivity index (χ2v) is 10.1. The molecule has 1 unspecified atom stereocenters. The minimum absolute atomic E-state index is 0.146. The van der Waals surface area contributed by atoms with Crippen LogP contribution in [0, 0.1) is 0 Å². The highest BCUT2D eigenvalue weighted by molar-refractivity contribution is 7.18. The molecule has 3 heterocycles. The summed E-state index contributed by atoms with van der Waals surface area (Å²) in [6.45, 7) is 3.83. The number of benzene rings is 2. The Labute approximate surface area is 203 Å². The first-order chi connectivity index (χ1) is 16.1. The average Bonchev–Trinajstić information content (AvgIpc) is 3.61. The van der Waals surface area contributed by atoms with Crippen molar-refractivity contribution in [1.82, 2.24) is 15.7 Å². The molecule has 1 fully saturated rings. The Morgan fingerprint density at radius 2 is 1.85 bits per heavy atom. The van der Waals surface area contributed by atoms with Gasteiger partial charge in [0.05, 0.1) is 21.5 Å². The van der Waals surface area contributed by atoms with E-state index in [1.165, 1.54) is 48.4 Å². The lowest BCUT2D eigenvalue weighted by Gasteiger charge is -2.15. The molecule has 2 aliphatic heterocycles. The van der Waals surface area contributed by atoms with Crippen molar-refractivity contribution >= 4 is 34.5 Å². The first-order valence-electron chi connectivity index (χ1n) is 11.2. The summed E-state index contributed by atoms with van der Waals surface area (Å²) >= 11 is 7.17. The second-order valence-electron chi connectivity index (χ2n) is 8.41. The number of nitrogens with zero attached hydrogens (tertiary/aromatic N) is 1. The lowest BCUT2D eigenvalue weighted by molar-refractivity contribution is 0.0499. The number of hydrogen-bond acceptors (Lipinski definition) is 5. The van der Waals surface area contributed by atoms with Crippen LogP contribution >= 0.6 is 22.9 Å². The fourth-order valence-corrected chi connectivity index (χ4v) is 5.19. The topological polar surface area (TPSA) is 53.6 Å². The smallest absolute Gasteiger partial charge is 0.261 e. The van der Waals surface area contributed by atoms with E-state index in [4.69, 9.17) is 16.4 Å². The Morgan fingerprint density at radius 3 is 2.61 bits per heavy atom. The second kappa shape index (κ2) is 10.1. The maximum atomic E-state index is 12.2. The summed E-state index contributed by atoms with van der Waals surface area (Å²) < 4.78 is 0.599. The van der Waals surface area contributed by atoms with Crippen molar-refractivity contribution in [2.45, 2.75) is 25.5 Å². The summed E-state index contributed by atoms with van der Waals surface area (Å²) in [4.78, 5) is 21.0. The lowest BCUT2D eigenvalue weighted by atomic mass is 10.0. The zero-order chi connectivity index (χ0) is 22.6. The molecule has 1 amide bonds. The molecule has 33 heavy (non-hydrogen) atoms. The molecule has 2 aliphatic rings. The lowest BCUT2D eigenvalue weighted by Crippen LogP contribution is -2.31. The normalized spacial score (nSPS) is 18.2. The number of halogens is 1. The fraction of sp³-hybridized carbons (Fsp3) is 0.269. The maximum absolute atomic E-state index is 12.2. The van der Waals surface area contributed by atoms with Gasteiger partial charge in [-0.3, -0.25) is 20.0 Å².